The van der Waals surface area contributed by atoms with Crippen LogP contribution in [0.15, 0.2) is 46.9 Å². The molecule has 150 valence electrons. The number of benzene rings is 2. The Morgan fingerprint density at radius 3 is 2.29 bits per heavy atom. The lowest BCUT2D eigenvalue weighted by Crippen LogP contribution is -2.36. The summed E-state index contributed by atoms with van der Waals surface area (Å²) < 4.78 is 39.3. The number of likely N-dealkylation sites (N-methyl/N-ethyl adjacent to an activating group) is 1. The molecule has 0 spiro atoms. The van der Waals surface area contributed by atoms with Gasteiger partial charge in [-0.2, -0.15) is 13.2 Å². The van der Waals surface area contributed by atoms with Gasteiger partial charge in [-0.25, -0.2) is 0 Å². The van der Waals surface area contributed by atoms with Gasteiger partial charge in [-0.15, -0.1) is 0 Å². The predicted molar refractivity (Wildman–Crippen MR) is 105 cm³/mol. The van der Waals surface area contributed by atoms with Crippen LogP contribution in [-0.4, -0.2) is 36.9 Å². The highest BCUT2D eigenvalue weighted by atomic mass is 79.9. The fraction of sp³-hybridized carbons (Fsp3) is 0.222. The number of hydrogen-bond acceptors (Lipinski definition) is 3. The zero-order valence-electron chi connectivity index (χ0n) is 14.6. The lowest BCUT2D eigenvalue weighted by Gasteiger charge is -2.17. The smallest absolute Gasteiger partial charge is 0.325 e. The molecule has 2 aromatic rings. The molecule has 28 heavy (non-hydrogen) atoms. The van der Waals surface area contributed by atoms with Crippen LogP contribution in [0.4, 0.5) is 24.5 Å². The number of rotatable bonds is 6. The van der Waals surface area contributed by atoms with E-state index in [9.17, 15) is 22.8 Å². The highest BCUT2D eigenvalue weighted by Gasteiger charge is 2.33. The van der Waals surface area contributed by atoms with Gasteiger partial charge in [0.1, 0.15) is 0 Å². The fourth-order valence-electron chi connectivity index (χ4n) is 2.32. The molecular formula is C18H16BrClF3N3O2. The molecule has 0 aliphatic heterocycles. The minimum absolute atomic E-state index is 0.0345. The van der Waals surface area contributed by atoms with Crippen LogP contribution in [0.5, 0.6) is 0 Å². The molecule has 0 atom stereocenters. The molecule has 0 fully saturated rings. The maximum absolute atomic E-state index is 12.9. The zero-order valence-corrected chi connectivity index (χ0v) is 17.0. The topological polar surface area (TPSA) is 61.4 Å². The van der Waals surface area contributed by atoms with Crippen LogP contribution < -0.4 is 10.6 Å². The maximum atomic E-state index is 12.9. The first-order valence-corrected chi connectivity index (χ1v) is 9.13. The molecule has 0 aliphatic rings. The number of hydrogen-bond donors (Lipinski definition) is 2. The van der Waals surface area contributed by atoms with E-state index in [4.69, 9.17) is 11.6 Å². The number of anilines is 2. The first-order chi connectivity index (χ1) is 13.1. The summed E-state index contributed by atoms with van der Waals surface area (Å²) in [5.74, 6) is -0.903. The van der Waals surface area contributed by atoms with Crippen molar-refractivity contribution in [2.24, 2.45) is 0 Å². The molecule has 0 heterocycles. The van der Waals surface area contributed by atoms with Crippen molar-refractivity contribution in [1.82, 2.24) is 4.90 Å². The Bertz CT molecular complexity index is 877. The monoisotopic (exact) mass is 477 g/mol. The third kappa shape index (κ3) is 6.50. The molecular weight excluding hydrogens is 463 g/mol. The summed E-state index contributed by atoms with van der Waals surface area (Å²) in [6.45, 7) is -0.267. The lowest BCUT2D eigenvalue weighted by molar-refractivity contribution is -0.137. The van der Waals surface area contributed by atoms with Gasteiger partial charge >= 0.3 is 6.18 Å². The number of alkyl halides is 3. The normalized spacial score (nSPS) is 11.4. The first-order valence-electron chi connectivity index (χ1n) is 7.96. The fourth-order valence-corrected chi connectivity index (χ4v) is 2.93. The van der Waals surface area contributed by atoms with Crippen LogP contribution in [0.1, 0.15) is 5.56 Å². The van der Waals surface area contributed by atoms with E-state index in [2.05, 4.69) is 26.6 Å². The quantitative estimate of drug-likeness (QED) is 0.636. The molecule has 2 N–H and O–H groups in total. The second-order valence-electron chi connectivity index (χ2n) is 5.94. The Labute approximate surface area is 173 Å². The summed E-state index contributed by atoms with van der Waals surface area (Å²) in [7, 11) is 1.54. The second-order valence-corrected chi connectivity index (χ2v) is 7.20. The summed E-state index contributed by atoms with van der Waals surface area (Å²) in [6.07, 6.45) is -4.63. The summed E-state index contributed by atoms with van der Waals surface area (Å²) in [5, 5.41) is 4.61. The third-order valence-corrected chi connectivity index (χ3v) is 4.55. The van der Waals surface area contributed by atoms with Gasteiger partial charge in [-0.1, -0.05) is 23.7 Å². The van der Waals surface area contributed by atoms with E-state index >= 15 is 0 Å². The Balaban J connectivity index is 1.90. The van der Waals surface area contributed by atoms with Gasteiger partial charge in [0, 0.05) is 10.2 Å². The van der Waals surface area contributed by atoms with Gasteiger partial charge in [0.2, 0.25) is 11.8 Å². The van der Waals surface area contributed by atoms with E-state index in [-0.39, 0.29) is 24.7 Å². The number of halogens is 5. The highest BCUT2D eigenvalue weighted by molar-refractivity contribution is 9.10. The van der Waals surface area contributed by atoms with Gasteiger partial charge in [0.15, 0.2) is 0 Å². The summed E-state index contributed by atoms with van der Waals surface area (Å²) in [5.41, 5.74) is -0.480. The van der Waals surface area contributed by atoms with E-state index in [0.29, 0.717) is 10.2 Å². The van der Waals surface area contributed by atoms with Gasteiger partial charge < -0.3 is 10.6 Å². The maximum Gasteiger partial charge on any atom is 0.417 e. The van der Waals surface area contributed by atoms with Crippen molar-refractivity contribution in [3.63, 3.8) is 0 Å². The molecule has 5 nitrogen and oxygen atoms in total. The number of para-hydroxylation sites is 1. The number of amides is 2. The lowest BCUT2D eigenvalue weighted by atomic mass is 10.2. The molecule has 2 aromatic carbocycles. The standard InChI is InChI=1S/C18H16BrClF3N3O2/c1-26(10-17(28)25-15-5-3-2-4-13(15)19)9-16(27)24-11-6-7-14(20)12(8-11)18(21,22)23/h2-8H,9-10H2,1H3,(H,24,27)(H,25,28). The van der Waals surface area contributed by atoms with Crippen molar-refractivity contribution >= 4 is 50.7 Å². The van der Waals surface area contributed by atoms with Crippen LogP contribution >= 0.6 is 27.5 Å². The van der Waals surface area contributed by atoms with Crippen LogP contribution in [0, 0.1) is 0 Å². The zero-order chi connectivity index (χ0) is 20.9. The molecule has 0 aliphatic carbocycles. The molecule has 0 aromatic heterocycles. The third-order valence-electron chi connectivity index (χ3n) is 3.53. The van der Waals surface area contributed by atoms with E-state index < -0.39 is 22.7 Å². The average Bonchev–Trinajstić information content (AvgIpc) is 2.57. The van der Waals surface area contributed by atoms with E-state index in [1.165, 1.54) is 11.0 Å². The number of nitrogens with zero attached hydrogens (tertiary/aromatic N) is 1. The Kier molecular flexibility index (Phi) is 7.45. The van der Waals surface area contributed by atoms with E-state index in [0.717, 1.165) is 12.1 Å². The highest BCUT2D eigenvalue weighted by Crippen LogP contribution is 2.36. The number of carbonyl (C=O) groups is 2. The van der Waals surface area contributed by atoms with Crippen molar-refractivity contribution < 1.29 is 22.8 Å². The number of nitrogens with one attached hydrogen (secondary N) is 2. The predicted octanol–water partition coefficient (Wildman–Crippen LogP) is 4.63. The molecule has 2 amide bonds. The summed E-state index contributed by atoms with van der Waals surface area (Å²) in [4.78, 5) is 25.6. The minimum Gasteiger partial charge on any atom is -0.325 e. The van der Waals surface area contributed by atoms with Crippen LogP contribution in [0.2, 0.25) is 5.02 Å². The molecule has 0 saturated heterocycles. The molecule has 0 bridgehead atoms. The van der Waals surface area contributed by atoms with Gasteiger partial charge in [0.25, 0.3) is 0 Å². The summed E-state index contributed by atoms with van der Waals surface area (Å²) >= 11 is 8.86. The van der Waals surface area contributed by atoms with Crippen LogP contribution in [-0.2, 0) is 15.8 Å². The van der Waals surface area contributed by atoms with E-state index in [1.807, 2.05) is 0 Å². The average molecular weight is 479 g/mol. The molecule has 0 saturated carbocycles. The van der Waals surface area contributed by atoms with Crippen LogP contribution in [0.3, 0.4) is 0 Å². The number of carbonyl (C=O) groups excluding carboxylic acids is 2. The van der Waals surface area contributed by atoms with Crippen molar-refractivity contribution in [1.29, 1.82) is 0 Å². The van der Waals surface area contributed by atoms with Crippen molar-refractivity contribution in [2.45, 2.75) is 6.18 Å². The van der Waals surface area contributed by atoms with Gasteiger partial charge in [-0.3, -0.25) is 14.5 Å². The Hall–Kier alpha value is -2.10. The Morgan fingerprint density at radius 2 is 1.68 bits per heavy atom. The molecule has 0 radical (unpaired) electrons. The molecule has 0 unspecified atom stereocenters. The molecule has 10 heteroatoms. The van der Waals surface area contributed by atoms with Crippen molar-refractivity contribution in [2.75, 3.05) is 30.8 Å². The van der Waals surface area contributed by atoms with E-state index in [1.54, 1.807) is 31.3 Å². The van der Waals surface area contributed by atoms with Crippen molar-refractivity contribution in [3.8, 4) is 0 Å². The molecule has 2 rings (SSSR count). The second kappa shape index (κ2) is 9.40. The largest absolute Gasteiger partial charge is 0.417 e. The van der Waals surface area contributed by atoms with Gasteiger partial charge in [0.05, 0.1) is 29.4 Å². The first kappa shape index (κ1) is 22.2. The van der Waals surface area contributed by atoms with Gasteiger partial charge in [-0.05, 0) is 53.3 Å². The SMILES string of the molecule is CN(CC(=O)Nc1ccc(Cl)c(C(F)(F)F)c1)CC(=O)Nc1ccccc1Br. The Morgan fingerprint density at radius 1 is 1.07 bits per heavy atom. The van der Waals surface area contributed by atoms with Crippen molar-refractivity contribution in [3.05, 3.63) is 57.5 Å². The van der Waals surface area contributed by atoms with Crippen LogP contribution in [0.25, 0.3) is 0 Å². The minimum atomic E-state index is -4.63. The summed E-state index contributed by atoms with van der Waals surface area (Å²) in [6, 6.07) is 10.2.